The molecule has 5 heterocycles. The number of pyridine rings is 2. The molecular formula is C23H17F4N5O2. The molecule has 1 saturated heterocycles. The van der Waals surface area contributed by atoms with Crippen molar-refractivity contribution in [2.75, 3.05) is 24.6 Å². The van der Waals surface area contributed by atoms with Crippen molar-refractivity contribution < 1.29 is 27.0 Å². The van der Waals surface area contributed by atoms with Crippen LogP contribution in [0.1, 0.15) is 17.5 Å². The highest BCUT2D eigenvalue weighted by molar-refractivity contribution is 5.78. The predicted molar refractivity (Wildman–Crippen MR) is 114 cm³/mol. The fourth-order valence-corrected chi connectivity index (χ4v) is 4.66. The molecule has 1 spiro atoms. The van der Waals surface area contributed by atoms with Gasteiger partial charge in [0.05, 0.1) is 6.54 Å². The van der Waals surface area contributed by atoms with Gasteiger partial charge in [-0.15, -0.1) is 0 Å². The highest BCUT2D eigenvalue weighted by Gasteiger charge is 2.49. The maximum Gasteiger partial charge on any atom is 0.283 e. The molecule has 3 aromatic rings. The molecular weight excluding hydrogens is 454 g/mol. The third kappa shape index (κ3) is 3.06. The minimum absolute atomic E-state index is 0.0228. The number of amidine groups is 1. The van der Waals surface area contributed by atoms with E-state index in [1.54, 1.807) is 30.3 Å². The number of hydrogen-bond acceptors (Lipinski definition) is 7. The Bertz CT molecular complexity index is 1370. The van der Waals surface area contributed by atoms with Gasteiger partial charge in [0.15, 0.2) is 11.3 Å². The van der Waals surface area contributed by atoms with Crippen LogP contribution in [0.15, 0.2) is 47.6 Å². The highest BCUT2D eigenvalue weighted by Crippen LogP contribution is 2.53. The van der Waals surface area contributed by atoms with Gasteiger partial charge < -0.3 is 20.1 Å². The number of anilines is 1. The summed E-state index contributed by atoms with van der Waals surface area (Å²) in [4.78, 5) is 13.4. The van der Waals surface area contributed by atoms with Crippen molar-refractivity contribution in [2.24, 2.45) is 10.7 Å². The zero-order valence-electron chi connectivity index (χ0n) is 17.6. The van der Waals surface area contributed by atoms with Gasteiger partial charge >= 0.3 is 0 Å². The van der Waals surface area contributed by atoms with Gasteiger partial charge in [0.2, 0.25) is 5.95 Å². The molecule has 3 aliphatic heterocycles. The van der Waals surface area contributed by atoms with Gasteiger partial charge in [0.1, 0.15) is 18.2 Å². The minimum Gasteiger partial charge on any atom is -0.462 e. The Labute approximate surface area is 190 Å². The zero-order chi connectivity index (χ0) is 23.7. The normalized spacial score (nSPS) is 22.1. The van der Waals surface area contributed by atoms with E-state index in [1.165, 1.54) is 17.2 Å². The SMILES string of the molecule is NC1=NC2(CO1)c1cc(-c3cccnc3F)ccc1Oc1c2cc(N2CCC(F)(F)C2)nc1F. The molecule has 0 radical (unpaired) electrons. The van der Waals surface area contributed by atoms with E-state index in [0.717, 1.165) is 0 Å². The molecule has 0 bridgehead atoms. The fourth-order valence-electron chi connectivity index (χ4n) is 4.66. The van der Waals surface area contributed by atoms with E-state index in [9.17, 15) is 13.2 Å². The lowest BCUT2D eigenvalue weighted by molar-refractivity contribution is 0.0256. The number of hydrogen-bond donors (Lipinski definition) is 1. The molecule has 2 N–H and O–H groups in total. The summed E-state index contributed by atoms with van der Waals surface area (Å²) in [5.74, 6) is -4.40. The molecule has 1 unspecified atom stereocenters. The molecule has 7 nitrogen and oxygen atoms in total. The number of aromatic nitrogens is 2. The van der Waals surface area contributed by atoms with Crippen LogP contribution >= 0.6 is 0 Å². The Morgan fingerprint density at radius 1 is 1.06 bits per heavy atom. The first-order valence-electron chi connectivity index (χ1n) is 10.5. The number of aliphatic imine (C=N–C) groups is 1. The largest absolute Gasteiger partial charge is 0.462 e. The molecule has 1 fully saturated rings. The topological polar surface area (TPSA) is 85.9 Å². The maximum atomic E-state index is 15.2. The monoisotopic (exact) mass is 471 g/mol. The molecule has 1 atom stereocenters. The number of benzene rings is 1. The lowest BCUT2D eigenvalue weighted by Gasteiger charge is -2.34. The highest BCUT2D eigenvalue weighted by atomic mass is 19.3. The van der Waals surface area contributed by atoms with Gasteiger partial charge in [-0.05, 0) is 35.9 Å². The van der Waals surface area contributed by atoms with E-state index >= 15 is 4.39 Å². The average Bonchev–Trinajstić information content (AvgIpc) is 3.37. The standard InChI is InChI=1S/C23H17F4N5O2/c24-19-13(2-1-6-29-19)12-3-4-16-14(8-12)23(11-33-21(28)31-23)15-9-17(30-20(25)18(15)34-16)32-7-5-22(26,27)10-32/h1-4,6,8-9H,5,7,10-11H2,(H2,28,31). The van der Waals surface area contributed by atoms with Crippen molar-refractivity contribution in [3.8, 4) is 22.6 Å². The Balaban J connectivity index is 1.53. The molecule has 1 aromatic carbocycles. The van der Waals surface area contributed by atoms with E-state index in [-0.39, 0.29) is 54.0 Å². The van der Waals surface area contributed by atoms with Gasteiger partial charge in [-0.1, -0.05) is 6.07 Å². The number of halogens is 4. The van der Waals surface area contributed by atoms with Gasteiger partial charge in [-0.25, -0.2) is 18.8 Å². The lowest BCUT2D eigenvalue weighted by Crippen LogP contribution is -2.33. The van der Waals surface area contributed by atoms with Crippen LogP contribution in [0.3, 0.4) is 0 Å². The first kappa shape index (κ1) is 20.7. The van der Waals surface area contributed by atoms with Gasteiger partial charge in [0.25, 0.3) is 17.9 Å². The molecule has 2 aromatic heterocycles. The van der Waals surface area contributed by atoms with Crippen molar-refractivity contribution in [1.82, 2.24) is 9.97 Å². The van der Waals surface area contributed by atoms with E-state index in [4.69, 9.17) is 15.2 Å². The second kappa shape index (κ2) is 7.05. The van der Waals surface area contributed by atoms with Crippen LogP contribution in [0.4, 0.5) is 23.4 Å². The molecule has 0 amide bonds. The summed E-state index contributed by atoms with van der Waals surface area (Å²) in [7, 11) is 0. The Morgan fingerprint density at radius 3 is 2.62 bits per heavy atom. The first-order valence-corrected chi connectivity index (χ1v) is 10.5. The van der Waals surface area contributed by atoms with Crippen molar-refractivity contribution in [3.63, 3.8) is 0 Å². The first-order chi connectivity index (χ1) is 16.3. The van der Waals surface area contributed by atoms with Crippen molar-refractivity contribution in [1.29, 1.82) is 0 Å². The van der Waals surface area contributed by atoms with Gasteiger partial charge in [-0.3, -0.25) is 0 Å². The lowest BCUT2D eigenvalue weighted by atomic mass is 9.80. The smallest absolute Gasteiger partial charge is 0.283 e. The Kier molecular flexibility index (Phi) is 4.29. The molecule has 11 heteroatoms. The quantitative estimate of drug-likeness (QED) is 0.450. The van der Waals surface area contributed by atoms with Crippen molar-refractivity contribution in [3.05, 3.63) is 65.6 Å². The van der Waals surface area contributed by atoms with Crippen molar-refractivity contribution >= 4 is 11.8 Å². The van der Waals surface area contributed by atoms with Crippen molar-refractivity contribution in [2.45, 2.75) is 17.9 Å². The molecule has 3 aliphatic rings. The number of nitrogens with two attached hydrogens (primary N) is 1. The average molecular weight is 471 g/mol. The fraction of sp³-hybridized carbons (Fsp3) is 0.261. The number of alkyl halides is 2. The Morgan fingerprint density at radius 2 is 1.91 bits per heavy atom. The summed E-state index contributed by atoms with van der Waals surface area (Å²) < 4.78 is 68.5. The third-order valence-corrected chi connectivity index (χ3v) is 6.29. The number of nitrogens with zero attached hydrogens (tertiary/aromatic N) is 4. The van der Waals surface area contributed by atoms with E-state index in [2.05, 4.69) is 15.0 Å². The van der Waals surface area contributed by atoms with Crippen LogP contribution in [0.2, 0.25) is 0 Å². The molecule has 0 aliphatic carbocycles. The summed E-state index contributed by atoms with van der Waals surface area (Å²) >= 11 is 0. The molecule has 174 valence electrons. The van der Waals surface area contributed by atoms with E-state index < -0.39 is 29.9 Å². The van der Waals surface area contributed by atoms with Gasteiger partial charge in [-0.2, -0.15) is 13.8 Å². The number of rotatable bonds is 2. The summed E-state index contributed by atoms with van der Waals surface area (Å²) in [5.41, 5.74) is 5.97. The summed E-state index contributed by atoms with van der Waals surface area (Å²) in [5, 5.41) is 0. The van der Waals surface area contributed by atoms with Crippen LogP contribution in [-0.4, -0.2) is 41.6 Å². The predicted octanol–water partition coefficient (Wildman–Crippen LogP) is 3.96. The second-order valence-electron chi connectivity index (χ2n) is 8.43. The number of ether oxygens (including phenoxy) is 2. The Hall–Kier alpha value is -3.89. The molecule has 0 saturated carbocycles. The summed E-state index contributed by atoms with van der Waals surface area (Å²) in [6.45, 7) is -0.635. The van der Waals surface area contributed by atoms with Gasteiger partial charge in [0, 0.05) is 35.9 Å². The minimum atomic E-state index is -2.89. The van der Waals surface area contributed by atoms with Crippen LogP contribution in [0.25, 0.3) is 11.1 Å². The summed E-state index contributed by atoms with van der Waals surface area (Å²) in [6.07, 6.45) is 0.985. The van der Waals surface area contributed by atoms with Crippen LogP contribution in [0.5, 0.6) is 11.5 Å². The molecule has 34 heavy (non-hydrogen) atoms. The van der Waals surface area contributed by atoms with Crippen LogP contribution in [0, 0.1) is 11.9 Å². The van der Waals surface area contributed by atoms with E-state index in [0.29, 0.717) is 11.1 Å². The maximum absolute atomic E-state index is 15.2. The summed E-state index contributed by atoms with van der Waals surface area (Å²) in [6, 6.07) is 9.38. The van der Waals surface area contributed by atoms with Crippen LogP contribution < -0.4 is 15.4 Å². The second-order valence-corrected chi connectivity index (χ2v) is 8.43. The zero-order valence-corrected chi connectivity index (χ0v) is 17.6. The molecule has 6 rings (SSSR count). The third-order valence-electron chi connectivity index (χ3n) is 6.29. The number of fused-ring (bicyclic) bond motifs is 4. The van der Waals surface area contributed by atoms with Crippen LogP contribution in [-0.2, 0) is 10.3 Å². The van der Waals surface area contributed by atoms with E-state index in [1.807, 2.05) is 0 Å².